The summed E-state index contributed by atoms with van der Waals surface area (Å²) in [5.41, 5.74) is 0. The zero-order valence-electron chi connectivity index (χ0n) is 3.38. The molecule has 0 spiro atoms. The number of hydrogen-bond acceptors (Lipinski definition) is 0. The Balaban J connectivity index is 0. The van der Waals surface area contributed by atoms with Crippen LogP contribution in [0.1, 0.15) is 0 Å². The second-order valence-corrected chi connectivity index (χ2v) is 0.749. The van der Waals surface area contributed by atoms with Crippen molar-refractivity contribution in [3.05, 3.63) is 25.0 Å². The molecule has 0 aliphatic rings. The molecule has 0 atom stereocenters. The summed E-state index contributed by atoms with van der Waals surface area (Å²) in [5.74, 6) is 0. The van der Waals surface area contributed by atoms with Crippen molar-refractivity contribution in [1.29, 1.82) is 0 Å². The van der Waals surface area contributed by atoms with Crippen molar-refractivity contribution < 1.29 is 4.39 Å². The van der Waals surface area contributed by atoms with E-state index in [0.29, 0.717) is 0 Å². The lowest BCUT2D eigenvalue weighted by molar-refractivity contribution is 0.699. The van der Waals surface area contributed by atoms with Gasteiger partial charge in [-0.1, -0.05) is 18.2 Å². The molecule has 0 heterocycles. The van der Waals surface area contributed by atoms with Gasteiger partial charge < -0.3 is 0 Å². The molecular weight excluding hydrogens is 102 g/mol. The minimum absolute atomic E-state index is 0.861. The lowest BCUT2D eigenvalue weighted by atomic mass is 11.2. The first-order valence-corrected chi connectivity index (χ1v) is 1.61. The first kappa shape index (κ1) is 9.20. The van der Waals surface area contributed by atoms with Crippen molar-refractivity contribution >= 4 is 11.6 Å². The lowest BCUT2D eigenvalue weighted by Gasteiger charge is -1.55. The zero-order chi connectivity index (χ0) is 5.58. The van der Waals surface area contributed by atoms with Gasteiger partial charge in [-0.3, -0.25) is 0 Å². The number of hydrogen-bond donors (Lipinski definition) is 0. The summed E-state index contributed by atoms with van der Waals surface area (Å²) in [7, 11) is 0. The van der Waals surface area contributed by atoms with Gasteiger partial charge in [0.05, 0.1) is 0 Å². The van der Waals surface area contributed by atoms with E-state index in [1.165, 1.54) is 0 Å². The van der Waals surface area contributed by atoms with E-state index in [4.69, 9.17) is 0 Å². The van der Waals surface area contributed by atoms with Crippen molar-refractivity contribution in [1.82, 2.24) is 0 Å². The predicted molar refractivity (Wildman–Crippen MR) is 27.4 cm³/mol. The highest BCUT2D eigenvalue weighted by Crippen LogP contribution is 1.92. The third-order valence-corrected chi connectivity index (χ3v) is 0. The van der Waals surface area contributed by atoms with Crippen molar-refractivity contribution in [2.24, 2.45) is 0 Å². The summed E-state index contributed by atoms with van der Waals surface area (Å²) in [6.07, 6.45) is 0. The monoisotopic (exact) mass is 108 g/mol. The van der Waals surface area contributed by atoms with Gasteiger partial charge in [0.2, 0.25) is 0 Å². The fraction of sp³-hybridized carbons (Fsp3) is 0. The SMILES string of the molecule is C=C.C=C(F)Cl. The van der Waals surface area contributed by atoms with Gasteiger partial charge in [0.1, 0.15) is 0 Å². The predicted octanol–water partition coefficient (Wildman–Crippen LogP) is 2.47. The molecule has 2 heteroatoms. The van der Waals surface area contributed by atoms with Gasteiger partial charge in [-0.15, -0.1) is 13.2 Å². The van der Waals surface area contributed by atoms with E-state index < -0.39 is 5.29 Å². The van der Waals surface area contributed by atoms with Gasteiger partial charge in [-0.2, -0.15) is 4.39 Å². The van der Waals surface area contributed by atoms with Crippen molar-refractivity contribution in [3.63, 3.8) is 0 Å². The van der Waals surface area contributed by atoms with Crippen LogP contribution in [-0.4, -0.2) is 0 Å². The summed E-state index contributed by atoms with van der Waals surface area (Å²) in [4.78, 5) is 0. The van der Waals surface area contributed by atoms with E-state index in [-0.39, 0.29) is 0 Å². The molecule has 0 aromatic carbocycles. The van der Waals surface area contributed by atoms with Crippen LogP contribution in [0.2, 0.25) is 0 Å². The molecule has 0 unspecified atom stereocenters. The van der Waals surface area contributed by atoms with E-state index in [1.807, 2.05) is 0 Å². The number of halogens is 2. The Labute approximate surface area is 41.9 Å². The van der Waals surface area contributed by atoms with E-state index in [2.05, 4.69) is 31.3 Å². The largest absolute Gasteiger partial charge is 0.194 e. The summed E-state index contributed by atoms with van der Waals surface area (Å²) in [6.45, 7) is 8.65. The molecule has 0 saturated carbocycles. The molecule has 36 valence electrons. The average Bonchev–Trinajstić information content (AvgIpc) is 1.41. The fourth-order valence-electron chi connectivity index (χ4n) is 0. The molecule has 0 amide bonds. The molecule has 0 fully saturated rings. The third kappa shape index (κ3) is 300. The molecule has 0 N–H and O–H groups in total. The highest BCUT2D eigenvalue weighted by Gasteiger charge is 1.63. The van der Waals surface area contributed by atoms with Gasteiger partial charge in [-0.25, -0.2) is 0 Å². The van der Waals surface area contributed by atoms with E-state index in [9.17, 15) is 4.39 Å². The maximum Gasteiger partial charge on any atom is 0.181 e. The summed E-state index contributed by atoms with van der Waals surface area (Å²) in [5, 5.41) is -0.861. The maximum atomic E-state index is 10.6. The zero-order valence-corrected chi connectivity index (χ0v) is 4.13. The molecule has 0 rings (SSSR count). The number of rotatable bonds is 0. The van der Waals surface area contributed by atoms with Crippen molar-refractivity contribution in [3.8, 4) is 0 Å². The van der Waals surface area contributed by atoms with Crippen LogP contribution in [-0.2, 0) is 0 Å². The molecular formula is C4H6ClF. The molecule has 0 aromatic heterocycles. The standard InChI is InChI=1S/C2H2ClF.C2H4/c1-2(3)4;1-2/h1H2;1-2H2. The van der Waals surface area contributed by atoms with Gasteiger partial charge in [0, 0.05) is 0 Å². The molecule has 0 aliphatic heterocycles. The first-order chi connectivity index (χ1) is 2.73. The highest BCUT2D eigenvalue weighted by molar-refractivity contribution is 6.27. The Morgan fingerprint density at radius 3 is 1.50 bits per heavy atom. The Hall–Kier alpha value is -0.300. The van der Waals surface area contributed by atoms with Crippen LogP contribution in [0.25, 0.3) is 0 Å². The maximum absolute atomic E-state index is 10.6. The molecule has 0 aromatic rings. The highest BCUT2D eigenvalue weighted by atomic mass is 35.5. The van der Waals surface area contributed by atoms with Gasteiger partial charge in [0.25, 0.3) is 0 Å². The van der Waals surface area contributed by atoms with Crippen molar-refractivity contribution in [2.75, 3.05) is 0 Å². The lowest BCUT2D eigenvalue weighted by Crippen LogP contribution is -1.28. The van der Waals surface area contributed by atoms with Crippen LogP contribution in [0.3, 0.4) is 0 Å². The minimum atomic E-state index is -0.861. The third-order valence-electron chi connectivity index (χ3n) is 0. The molecule has 6 heavy (non-hydrogen) atoms. The normalized spacial score (nSPS) is 5.00. The first-order valence-electron chi connectivity index (χ1n) is 1.23. The summed E-state index contributed by atoms with van der Waals surface area (Å²) >= 11 is 4.41. The summed E-state index contributed by atoms with van der Waals surface area (Å²) < 4.78 is 10.6. The summed E-state index contributed by atoms with van der Waals surface area (Å²) in [6, 6.07) is 0. The molecule has 0 saturated heterocycles. The minimum Gasteiger partial charge on any atom is -0.194 e. The Bertz CT molecular complexity index is 38.8. The van der Waals surface area contributed by atoms with E-state index >= 15 is 0 Å². The smallest absolute Gasteiger partial charge is 0.181 e. The fourth-order valence-corrected chi connectivity index (χ4v) is 0. The van der Waals surface area contributed by atoms with Gasteiger partial charge >= 0.3 is 0 Å². The molecule has 0 nitrogen and oxygen atoms in total. The van der Waals surface area contributed by atoms with Crippen molar-refractivity contribution in [2.45, 2.75) is 0 Å². The van der Waals surface area contributed by atoms with Gasteiger partial charge in [-0.05, 0) is 0 Å². The van der Waals surface area contributed by atoms with E-state index in [1.54, 1.807) is 0 Å². The van der Waals surface area contributed by atoms with E-state index in [0.717, 1.165) is 0 Å². The second kappa shape index (κ2) is 8.83. The van der Waals surface area contributed by atoms with Crippen LogP contribution in [0.15, 0.2) is 25.0 Å². The van der Waals surface area contributed by atoms with Crippen LogP contribution in [0.4, 0.5) is 4.39 Å². The van der Waals surface area contributed by atoms with Crippen LogP contribution in [0.5, 0.6) is 0 Å². The molecule has 0 aliphatic carbocycles. The topological polar surface area (TPSA) is 0 Å². The van der Waals surface area contributed by atoms with Gasteiger partial charge in [0.15, 0.2) is 5.29 Å². The molecule has 0 radical (unpaired) electrons. The van der Waals surface area contributed by atoms with Crippen LogP contribution < -0.4 is 0 Å². The molecule has 0 bridgehead atoms. The quantitative estimate of drug-likeness (QED) is 0.418. The average molecular weight is 109 g/mol. The van der Waals surface area contributed by atoms with Crippen LogP contribution in [0, 0.1) is 0 Å². The second-order valence-electron chi connectivity index (χ2n) is 0.339. The Morgan fingerprint density at radius 1 is 1.50 bits per heavy atom. The Morgan fingerprint density at radius 2 is 1.50 bits per heavy atom. The van der Waals surface area contributed by atoms with Crippen LogP contribution >= 0.6 is 11.6 Å². The Kier molecular flexibility index (Phi) is 13.5.